The summed E-state index contributed by atoms with van der Waals surface area (Å²) in [6.45, 7) is 0. The van der Waals surface area contributed by atoms with Crippen molar-refractivity contribution < 1.29 is 25.9 Å². The summed E-state index contributed by atoms with van der Waals surface area (Å²) < 4.78 is 65.5. The van der Waals surface area contributed by atoms with Crippen LogP contribution in [0.25, 0.3) is 21.5 Å². The molecule has 0 unspecified atom stereocenters. The molecule has 0 aliphatic heterocycles. The Balaban J connectivity index is 2.04. The topological polar surface area (TPSA) is 163 Å². The fourth-order valence-electron chi connectivity index (χ4n) is 3.28. The van der Waals surface area contributed by atoms with Gasteiger partial charge >= 0.3 is 0 Å². The molecule has 0 saturated heterocycles. The molecular formula is C20H13N3O7S2. The number of azo groups is 1. The highest BCUT2D eigenvalue weighted by atomic mass is 32.2. The quantitative estimate of drug-likeness (QED) is 0.226. The van der Waals surface area contributed by atoms with Gasteiger partial charge < -0.3 is 0 Å². The van der Waals surface area contributed by atoms with Gasteiger partial charge in [0.05, 0.1) is 10.6 Å². The third kappa shape index (κ3) is 3.99. The molecule has 0 amide bonds. The van der Waals surface area contributed by atoms with Crippen molar-refractivity contribution in [1.29, 1.82) is 0 Å². The molecule has 4 rings (SSSR count). The molecule has 0 saturated carbocycles. The molecule has 4 aromatic carbocycles. The van der Waals surface area contributed by atoms with Crippen molar-refractivity contribution in [3.8, 4) is 0 Å². The predicted molar refractivity (Wildman–Crippen MR) is 117 cm³/mol. The van der Waals surface area contributed by atoms with Crippen LogP contribution >= 0.6 is 0 Å². The van der Waals surface area contributed by atoms with Crippen molar-refractivity contribution in [2.24, 2.45) is 15.4 Å². The van der Waals surface area contributed by atoms with Gasteiger partial charge in [-0.25, -0.2) is 0 Å². The van der Waals surface area contributed by atoms with Crippen molar-refractivity contribution >= 4 is 58.8 Å². The average molecular weight is 471 g/mol. The summed E-state index contributed by atoms with van der Waals surface area (Å²) >= 11 is 0. The van der Waals surface area contributed by atoms with Gasteiger partial charge in [0, 0.05) is 10.8 Å². The van der Waals surface area contributed by atoms with E-state index in [1.54, 1.807) is 24.3 Å². The van der Waals surface area contributed by atoms with Gasteiger partial charge in [-0.15, -0.1) is 15.1 Å². The minimum atomic E-state index is -4.93. The first kappa shape index (κ1) is 21.6. The van der Waals surface area contributed by atoms with Crippen LogP contribution in [0.15, 0.2) is 91.9 Å². The fraction of sp³-hybridized carbons (Fsp3) is 0. The second-order valence-electron chi connectivity index (χ2n) is 6.69. The zero-order chi connectivity index (χ0) is 23.1. The van der Waals surface area contributed by atoms with Gasteiger partial charge in [0.15, 0.2) is 5.69 Å². The van der Waals surface area contributed by atoms with E-state index in [2.05, 4.69) is 15.4 Å². The third-order valence-corrected chi connectivity index (χ3v) is 6.43. The Morgan fingerprint density at radius 1 is 0.656 bits per heavy atom. The molecule has 4 aromatic rings. The maximum atomic E-state index is 11.9. The van der Waals surface area contributed by atoms with Crippen LogP contribution in [0, 0.1) is 4.91 Å². The summed E-state index contributed by atoms with van der Waals surface area (Å²) in [5.41, 5.74) is -0.566. The van der Waals surface area contributed by atoms with E-state index in [4.69, 9.17) is 0 Å². The van der Waals surface area contributed by atoms with Gasteiger partial charge in [0.1, 0.15) is 10.6 Å². The molecule has 0 radical (unpaired) electrons. The smallest absolute Gasteiger partial charge is 0.282 e. The highest BCUT2D eigenvalue weighted by Crippen LogP contribution is 2.43. The maximum Gasteiger partial charge on any atom is 0.296 e. The lowest BCUT2D eigenvalue weighted by Crippen LogP contribution is -2.00. The van der Waals surface area contributed by atoms with Gasteiger partial charge in [-0.1, -0.05) is 42.5 Å². The molecule has 162 valence electrons. The maximum absolute atomic E-state index is 11.9. The predicted octanol–water partition coefficient (Wildman–Crippen LogP) is 5.30. The van der Waals surface area contributed by atoms with E-state index in [1.807, 2.05) is 18.2 Å². The minimum absolute atomic E-state index is 0.0352. The largest absolute Gasteiger partial charge is 0.296 e. The van der Waals surface area contributed by atoms with Crippen LogP contribution < -0.4 is 0 Å². The van der Waals surface area contributed by atoms with Crippen LogP contribution in [0.3, 0.4) is 0 Å². The zero-order valence-electron chi connectivity index (χ0n) is 15.9. The Hall–Kier alpha value is -3.58. The van der Waals surface area contributed by atoms with Crippen molar-refractivity contribution in [2.45, 2.75) is 9.79 Å². The molecule has 0 aliphatic rings. The lowest BCUT2D eigenvalue weighted by Gasteiger charge is -2.09. The average Bonchev–Trinajstić information content (AvgIpc) is 2.75. The van der Waals surface area contributed by atoms with Gasteiger partial charge in [-0.2, -0.15) is 16.8 Å². The van der Waals surface area contributed by atoms with E-state index in [1.165, 1.54) is 6.07 Å². The van der Waals surface area contributed by atoms with Crippen LogP contribution in [0.5, 0.6) is 0 Å². The van der Waals surface area contributed by atoms with Crippen LogP contribution in [0.4, 0.5) is 17.1 Å². The van der Waals surface area contributed by atoms with E-state index in [9.17, 15) is 30.8 Å². The summed E-state index contributed by atoms with van der Waals surface area (Å²) in [4.78, 5) is 10.1. The van der Waals surface area contributed by atoms with E-state index >= 15 is 0 Å². The fourth-order valence-corrected chi connectivity index (χ4v) is 4.45. The van der Waals surface area contributed by atoms with Gasteiger partial charge in [0.25, 0.3) is 20.2 Å². The molecule has 0 aromatic heterocycles. The zero-order valence-corrected chi connectivity index (χ0v) is 17.6. The number of hydrogen-bond acceptors (Lipinski definition) is 8. The molecule has 0 bridgehead atoms. The van der Waals surface area contributed by atoms with Crippen molar-refractivity contribution in [3.63, 3.8) is 0 Å². The van der Waals surface area contributed by atoms with Crippen LogP contribution in [0.1, 0.15) is 0 Å². The summed E-state index contributed by atoms with van der Waals surface area (Å²) in [6.07, 6.45) is 0. The molecule has 0 atom stereocenters. The van der Waals surface area contributed by atoms with E-state index in [-0.39, 0.29) is 16.5 Å². The molecule has 10 nitrogen and oxygen atoms in total. The number of rotatable bonds is 5. The number of nitrogens with zero attached hydrogens (tertiary/aromatic N) is 3. The van der Waals surface area contributed by atoms with Crippen LogP contribution in [-0.2, 0) is 20.2 Å². The normalized spacial score (nSPS) is 12.6. The first-order valence-corrected chi connectivity index (χ1v) is 11.8. The Labute approximate surface area is 181 Å². The number of nitroso groups, excluding NO2 is 1. The lowest BCUT2D eigenvalue weighted by atomic mass is 10.1. The van der Waals surface area contributed by atoms with E-state index < -0.39 is 35.7 Å². The summed E-state index contributed by atoms with van der Waals surface area (Å²) in [5.74, 6) is 0. The van der Waals surface area contributed by atoms with Gasteiger partial charge in [0.2, 0.25) is 0 Å². The molecule has 0 heterocycles. The van der Waals surface area contributed by atoms with Crippen molar-refractivity contribution in [2.75, 3.05) is 0 Å². The molecule has 2 N–H and O–H groups in total. The Morgan fingerprint density at radius 2 is 1.38 bits per heavy atom. The Bertz CT molecular complexity index is 1640. The lowest BCUT2D eigenvalue weighted by molar-refractivity contribution is 0.481. The Morgan fingerprint density at radius 3 is 2.06 bits per heavy atom. The first-order valence-electron chi connectivity index (χ1n) is 8.88. The van der Waals surface area contributed by atoms with E-state index in [0.29, 0.717) is 5.69 Å². The number of benzene rings is 4. The standard InChI is InChI=1S/C20H13N3O7S2/c24-23-20-18(32(28,29)30)11-13-10-14(31(25,26)27)8-9-16(13)19(20)22-21-17-7-3-5-12-4-1-2-6-15(12)17/h1-11H,(H,25,26,27)(H,28,29,30). The SMILES string of the molecule is O=Nc1c(S(=O)(=O)O)cc2cc(S(=O)(=O)O)ccc2c1N=Nc1cccc2ccccc12. The molecule has 0 spiro atoms. The van der Waals surface area contributed by atoms with Crippen molar-refractivity contribution in [3.05, 3.63) is 71.6 Å². The van der Waals surface area contributed by atoms with Gasteiger partial charge in [-0.3, -0.25) is 9.11 Å². The molecule has 32 heavy (non-hydrogen) atoms. The summed E-state index contributed by atoms with van der Waals surface area (Å²) in [7, 11) is -9.53. The van der Waals surface area contributed by atoms with Crippen molar-refractivity contribution in [1.82, 2.24) is 0 Å². The monoisotopic (exact) mass is 471 g/mol. The molecular weight excluding hydrogens is 458 g/mol. The van der Waals surface area contributed by atoms with E-state index in [0.717, 1.165) is 29.0 Å². The minimum Gasteiger partial charge on any atom is -0.282 e. The molecule has 12 heteroatoms. The summed E-state index contributed by atoms with van der Waals surface area (Å²) in [5, 5.41) is 12.6. The third-order valence-electron chi connectivity index (χ3n) is 4.71. The van der Waals surface area contributed by atoms with Gasteiger partial charge in [-0.05, 0) is 40.2 Å². The van der Waals surface area contributed by atoms with Crippen LogP contribution in [-0.4, -0.2) is 25.9 Å². The highest BCUT2D eigenvalue weighted by molar-refractivity contribution is 7.86. The highest BCUT2D eigenvalue weighted by Gasteiger charge is 2.24. The second-order valence-corrected chi connectivity index (χ2v) is 9.51. The second kappa shape index (κ2) is 7.84. The number of fused-ring (bicyclic) bond motifs is 2. The van der Waals surface area contributed by atoms with Crippen LogP contribution in [0.2, 0.25) is 0 Å². The molecule has 0 aliphatic carbocycles. The number of hydrogen-bond donors (Lipinski definition) is 2. The first-order chi connectivity index (χ1) is 15.1. The summed E-state index contributed by atoms with van der Waals surface area (Å²) in [6, 6.07) is 16.7. The Kier molecular flexibility index (Phi) is 5.30. The molecule has 0 fully saturated rings.